The van der Waals surface area contributed by atoms with Crippen LogP contribution < -0.4 is 0 Å². The molecule has 23 heavy (non-hydrogen) atoms. The number of hydrogen-bond donors (Lipinski definition) is 0. The van der Waals surface area contributed by atoms with Gasteiger partial charge in [-0.15, -0.1) is 0 Å². The maximum atomic E-state index is 6.32. The van der Waals surface area contributed by atoms with Crippen molar-refractivity contribution in [2.45, 2.75) is 76.9 Å². The average molecular weight is 367 g/mol. The summed E-state index contributed by atoms with van der Waals surface area (Å²) >= 11 is 6.32. The fourth-order valence-electron chi connectivity index (χ4n) is 2.45. The van der Waals surface area contributed by atoms with Crippen molar-refractivity contribution in [3.05, 3.63) is 0 Å². The number of ether oxygens (including phenoxy) is 3. The molecule has 0 heterocycles. The predicted molar refractivity (Wildman–Crippen MR) is 103 cm³/mol. The standard InChI is InChI=1S/C18H39ClO3Si/c1-20-14-15-22-17-16-21-13-11-9-7-5-4-6-8-10-12-18-23(2,3)19/h4-18H2,1-3H3. The molecule has 0 amide bonds. The minimum Gasteiger partial charge on any atom is -0.382 e. The third kappa shape index (κ3) is 22.4. The quantitative estimate of drug-likeness (QED) is 0.179. The van der Waals surface area contributed by atoms with Crippen LogP contribution in [0.25, 0.3) is 0 Å². The molecule has 0 fully saturated rings. The Morgan fingerprint density at radius 1 is 0.609 bits per heavy atom. The molecule has 0 spiro atoms. The Hall–Kier alpha value is 0.387. The number of hydrogen-bond acceptors (Lipinski definition) is 3. The highest BCUT2D eigenvalue weighted by Gasteiger charge is 2.15. The zero-order chi connectivity index (χ0) is 17.2. The second kappa shape index (κ2) is 17.2. The summed E-state index contributed by atoms with van der Waals surface area (Å²) in [6.07, 6.45) is 12.0. The van der Waals surface area contributed by atoms with E-state index in [4.69, 9.17) is 25.3 Å². The average Bonchev–Trinajstić information content (AvgIpc) is 2.49. The maximum absolute atomic E-state index is 6.32. The van der Waals surface area contributed by atoms with E-state index in [9.17, 15) is 0 Å². The van der Waals surface area contributed by atoms with Crippen LogP contribution in [0.3, 0.4) is 0 Å². The van der Waals surface area contributed by atoms with Gasteiger partial charge < -0.3 is 14.2 Å². The van der Waals surface area contributed by atoms with Gasteiger partial charge in [-0.05, 0) is 12.5 Å². The molecule has 0 unspecified atom stereocenters. The first kappa shape index (κ1) is 23.4. The fraction of sp³-hybridized carbons (Fsp3) is 1.00. The van der Waals surface area contributed by atoms with E-state index in [-0.39, 0.29) is 0 Å². The second-order valence-electron chi connectivity index (χ2n) is 6.87. The summed E-state index contributed by atoms with van der Waals surface area (Å²) in [5.74, 6) is 0. The lowest BCUT2D eigenvalue weighted by molar-refractivity contribution is 0.0239. The molecule has 0 saturated carbocycles. The highest BCUT2D eigenvalue weighted by atomic mass is 35.6. The van der Waals surface area contributed by atoms with Gasteiger partial charge in [0, 0.05) is 13.7 Å². The Kier molecular flexibility index (Phi) is 17.5. The predicted octanol–water partition coefficient (Wildman–Crippen LogP) is 5.62. The van der Waals surface area contributed by atoms with E-state index < -0.39 is 7.38 Å². The van der Waals surface area contributed by atoms with Gasteiger partial charge in [-0.3, -0.25) is 0 Å². The summed E-state index contributed by atoms with van der Waals surface area (Å²) in [7, 11) is 0.365. The van der Waals surface area contributed by atoms with Crippen LogP contribution in [0.4, 0.5) is 0 Å². The highest BCUT2D eigenvalue weighted by Crippen LogP contribution is 2.19. The normalized spacial score (nSPS) is 12.0. The molecule has 0 atom stereocenters. The Balaban J connectivity index is 3.00. The molecule has 0 aromatic heterocycles. The van der Waals surface area contributed by atoms with Crippen molar-refractivity contribution in [3.8, 4) is 0 Å². The molecule has 0 aliphatic rings. The number of halogens is 1. The van der Waals surface area contributed by atoms with E-state index in [2.05, 4.69) is 13.1 Å². The number of rotatable bonds is 18. The Labute approximate surface area is 150 Å². The Bertz CT molecular complexity index is 235. The Morgan fingerprint density at radius 2 is 1.04 bits per heavy atom. The van der Waals surface area contributed by atoms with Crippen LogP contribution in [-0.2, 0) is 14.2 Å². The molecule has 3 nitrogen and oxygen atoms in total. The van der Waals surface area contributed by atoms with Gasteiger partial charge in [-0.2, -0.15) is 11.1 Å². The third-order valence-electron chi connectivity index (χ3n) is 3.86. The molecule has 0 aromatic carbocycles. The van der Waals surface area contributed by atoms with Crippen molar-refractivity contribution < 1.29 is 14.2 Å². The van der Waals surface area contributed by atoms with E-state index in [1.54, 1.807) is 7.11 Å². The van der Waals surface area contributed by atoms with Gasteiger partial charge >= 0.3 is 0 Å². The topological polar surface area (TPSA) is 27.7 Å². The van der Waals surface area contributed by atoms with Crippen molar-refractivity contribution in [1.82, 2.24) is 0 Å². The molecule has 140 valence electrons. The molecular weight excluding hydrogens is 328 g/mol. The van der Waals surface area contributed by atoms with Gasteiger partial charge in [0.25, 0.3) is 0 Å². The van der Waals surface area contributed by atoms with E-state index in [0.29, 0.717) is 26.4 Å². The molecule has 0 bridgehead atoms. The van der Waals surface area contributed by atoms with E-state index in [1.807, 2.05) is 0 Å². The van der Waals surface area contributed by atoms with E-state index >= 15 is 0 Å². The third-order valence-corrected chi connectivity index (χ3v) is 5.97. The summed E-state index contributed by atoms with van der Waals surface area (Å²) in [6.45, 7) is 8.04. The first-order valence-corrected chi connectivity index (χ1v) is 13.6. The summed E-state index contributed by atoms with van der Waals surface area (Å²) in [5.41, 5.74) is 0. The Morgan fingerprint density at radius 3 is 1.57 bits per heavy atom. The minimum absolute atomic E-state index is 0.658. The number of unbranched alkanes of at least 4 members (excludes halogenated alkanes) is 8. The van der Waals surface area contributed by atoms with Crippen LogP contribution in [-0.4, -0.2) is 47.5 Å². The van der Waals surface area contributed by atoms with Crippen molar-refractivity contribution in [2.75, 3.05) is 40.1 Å². The molecule has 0 aliphatic heterocycles. The van der Waals surface area contributed by atoms with Gasteiger partial charge in [0.15, 0.2) is 0 Å². The SMILES string of the molecule is COCCOCCOCCCCCCCCCCC[Si](C)(C)Cl. The second-order valence-corrected chi connectivity index (χ2v) is 13.9. The van der Waals surface area contributed by atoms with Gasteiger partial charge in [0.2, 0.25) is 0 Å². The van der Waals surface area contributed by atoms with Crippen LogP contribution in [0, 0.1) is 0 Å². The summed E-state index contributed by atoms with van der Waals surface area (Å²) in [6, 6.07) is 1.27. The smallest absolute Gasteiger partial charge is 0.150 e. The van der Waals surface area contributed by atoms with E-state index in [0.717, 1.165) is 6.61 Å². The maximum Gasteiger partial charge on any atom is 0.150 e. The van der Waals surface area contributed by atoms with Crippen molar-refractivity contribution >= 4 is 18.5 Å². The first-order valence-electron chi connectivity index (χ1n) is 9.39. The van der Waals surface area contributed by atoms with Gasteiger partial charge in [-0.25, -0.2) is 0 Å². The van der Waals surface area contributed by atoms with E-state index in [1.165, 1.54) is 63.8 Å². The summed E-state index contributed by atoms with van der Waals surface area (Å²) < 4.78 is 15.8. The molecular formula is C18H39ClO3Si. The molecule has 5 heteroatoms. The largest absolute Gasteiger partial charge is 0.382 e. The lowest BCUT2D eigenvalue weighted by atomic mass is 10.1. The van der Waals surface area contributed by atoms with Gasteiger partial charge in [0.05, 0.1) is 26.4 Å². The molecule has 0 rings (SSSR count). The van der Waals surface area contributed by atoms with Crippen molar-refractivity contribution in [2.24, 2.45) is 0 Å². The minimum atomic E-state index is -1.32. The molecule has 0 aromatic rings. The van der Waals surface area contributed by atoms with Gasteiger partial charge in [0.1, 0.15) is 7.38 Å². The van der Waals surface area contributed by atoms with Crippen LogP contribution in [0.5, 0.6) is 0 Å². The van der Waals surface area contributed by atoms with Crippen molar-refractivity contribution in [1.29, 1.82) is 0 Å². The lowest BCUT2D eigenvalue weighted by Gasteiger charge is -2.11. The van der Waals surface area contributed by atoms with Gasteiger partial charge in [-0.1, -0.05) is 64.5 Å². The monoisotopic (exact) mass is 366 g/mol. The molecule has 0 saturated heterocycles. The molecule has 0 radical (unpaired) electrons. The summed E-state index contributed by atoms with van der Waals surface area (Å²) in [4.78, 5) is 0. The highest BCUT2D eigenvalue weighted by molar-refractivity contribution is 7.19. The van der Waals surface area contributed by atoms with Crippen LogP contribution >= 0.6 is 11.1 Å². The van der Waals surface area contributed by atoms with Crippen LogP contribution in [0.1, 0.15) is 57.8 Å². The number of methoxy groups -OCH3 is 1. The first-order chi connectivity index (χ1) is 11.1. The molecule has 0 aliphatic carbocycles. The summed E-state index contributed by atoms with van der Waals surface area (Å²) in [5, 5.41) is 0. The fourth-order valence-corrected chi connectivity index (χ4v) is 3.94. The van der Waals surface area contributed by atoms with Crippen LogP contribution in [0.15, 0.2) is 0 Å². The van der Waals surface area contributed by atoms with Crippen LogP contribution in [0.2, 0.25) is 19.1 Å². The lowest BCUT2D eigenvalue weighted by Crippen LogP contribution is -2.14. The molecule has 0 N–H and O–H groups in total. The van der Waals surface area contributed by atoms with Crippen molar-refractivity contribution in [3.63, 3.8) is 0 Å². The zero-order valence-electron chi connectivity index (χ0n) is 15.7. The zero-order valence-corrected chi connectivity index (χ0v) is 17.5.